The first kappa shape index (κ1) is 15.1. The fraction of sp³-hybridized carbons (Fsp3) is 0.333. The van der Waals surface area contributed by atoms with Gasteiger partial charge in [-0.1, -0.05) is 18.2 Å². The number of aromatic amines is 1. The van der Waals surface area contributed by atoms with Crippen molar-refractivity contribution in [3.05, 3.63) is 34.4 Å². The number of hydrogen-bond donors (Lipinski definition) is 2. The molecule has 0 radical (unpaired) electrons. The lowest BCUT2D eigenvalue weighted by Gasteiger charge is -2.32. The van der Waals surface area contributed by atoms with Gasteiger partial charge in [0.25, 0.3) is 5.91 Å². The molecule has 1 aliphatic rings. The Kier molecular flexibility index (Phi) is 4.17. The predicted octanol–water partition coefficient (Wildman–Crippen LogP) is 2.25. The van der Waals surface area contributed by atoms with E-state index in [0.717, 1.165) is 15.4 Å². The van der Waals surface area contributed by atoms with Crippen molar-refractivity contribution in [1.82, 2.24) is 9.88 Å². The van der Waals surface area contributed by atoms with Crippen molar-refractivity contribution in [2.45, 2.75) is 12.5 Å². The van der Waals surface area contributed by atoms with Crippen LogP contribution in [-0.2, 0) is 9.53 Å². The maximum Gasteiger partial charge on any atom is 0.306 e. The molecular weight excluding hydrogens is 352 g/mol. The number of aromatic nitrogens is 1. The number of aliphatic carboxylic acids is 1. The number of carboxylic acid groups (broad SMARTS) is 1. The summed E-state index contributed by atoms with van der Waals surface area (Å²) in [6.45, 7) is 1.09. The molecule has 1 atom stereocenters. The van der Waals surface area contributed by atoms with Gasteiger partial charge in [-0.05, 0) is 22.0 Å². The maximum atomic E-state index is 12.7. The van der Waals surface area contributed by atoms with Gasteiger partial charge in [0, 0.05) is 24.0 Å². The molecular formula is C15H15BrN2O4. The Morgan fingerprint density at radius 1 is 1.41 bits per heavy atom. The quantitative estimate of drug-likeness (QED) is 0.872. The molecule has 0 spiro atoms. The Morgan fingerprint density at radius 3 is 2.91 bits per heavy atom. The number of carbonyl (C=O) groups excluding carboxylic acids is 1. The van der Waals surface area contributed by atoms with Crippen LogP contribution >= 0.6 is 15.9 Å². The lowest BCUT2D eigenvalue weighted by atomic mass is 10.2. The van der Waals surface area contributed by atoms with Gasteiger partial charge in [-0.15, -0.1) is 0 Å². The molecule has 1 aromatic carbocycles. The zero-order valence-electron chi connectivity index (χ0n) is 11.7. The third-order valence-electron chi connectivity index (χ3n) is 3.68. The summed E-state index contributed by atoms with van der Waals surface area (Å²) >= 11 is 3.47. The van der Waals surface area contributed by atoms with E-state index in [2.05, 4.69) is 20.9 Å². The van der Waals surface area contributed by atoms with Crippen molar-refractivity contribution in [3.8, 4) is 0 Å². The van der Waals surface area contributed by atoms with E-state index >= 15 is 0 Å². The van der Waals surface area contributed by atoms with Crippen LogP contribution in [0.1, 0.15) is 16.9 Å². The topological polar surface area (TPSA) is 82.6 Å². The molecule has 0 unspecified atom stereocenters. The molecule has 1 aliphatic heterocycles. The normalized spacial score (nSPS) is 18.6. The number of H-pyrrole nitrogens is 1. The number of carboxylic acids is 1. The molecule has 1 fully saturated rings. The highest BCUT2D eigenvalue weighted by atomic mass is 79.9. The number of halogens is 1. The molecule has 2 heterocycles. The number of rotatable bonds is 3. The molecule has 2 N–H and O–H groups in total. The van der Waals surface area contributed by atoms with Gasteiger partial charge < -0.3 is 19.7 Å². The second kappa shape index (κ2) is 6.10. The molecule has 7 heteroatoms. The average molecular weight is 367 g/mol. The van der Waals surface area contributed by atoms with Crippen molar-refractivity contribution < 1.29 is 19.4 Å². The minimum Gasteiger partial charge on any atom is -0.481 e. The lowest BCUT2D eigenvalue weighted by Crippen LogP contribution is -2.46. The van der Waals surface area contributed by atoms with Gasteiger partial charge in [-0.2, -0.15) is 0 Å². The largest absolute Gasteiger partial charge is 0.481 e. The van der Waals surface area contributed by atoms with Crippen LogP contribution in [0.5, 0.6) is 0 Å². The van der Waals surface area contributed by atoms with E-state index in [-0.39, 0.29) is 18.9 Å². The third-order valence-corrected chi connectivity index (χ3v) is 4.51. The van der Waals surface area contributed by atoms with Gasteiger partial charge in [-0.25, -0.2) is 0 Å². The van der Waals surface area contributed by atoms with E-state index in [9.17, 15) is 9.59 Å². The van der Waals surface area contributed by atoms with Crippen molar-refractivity contribution >= 4 is 38.7 Å². The minimum absolute atomic E-state index is 0.0996. The van der Waals surface area contributed by atoms with E-state index in [1.165, 1.54) is 0 Å². The summed E-state index contributed by atoms with van der Waals surface area (Å²) in [5.74, 6) is -1.08. The van der Waals surface area contributed by atoms with E-state index in [1.54, 1.807) is 4.90 Å². The Labute approximate surface area is 135 Å². The first-order valence-electron chi connectivity index (χ1n) is 6.95. The van der Waals surface area contributed by atoms with Crippen LogP contribution in [0.2, 0.25) is 0 Å². The highest BCUT2D eigenvalue weighted by Gasteiger charge is 2.28. The standard InChI is InChI=1S/C15H15BrN2O4/c16-13-10-3-1-2-4-11(10)17-14(13)15(21)18-5-6-22-9(8-18)7-12(19)20/h1-4,9,17H,5-8H2,(H,19,20)/t9-/m0/s1. The predicted molar refractivity (Wildman–Crippen MR) is 83.9 cm³/mol. The highest BCUT2D eigenvalue weighted by molar-refractivity contribution is 9.10. The second-order valence-electron chi connectivity index (χ2n) is 5.20. The smallest absolute Gasteiger partial charge is 0.306 e. The molecule has 0 bridgehead atoms. The van der Waals surface area contributed by atoms with Crippen molar-refractivity contribution in [2.24, 2.45) is 0 Å². The molecule has 1 saturated heterocycles. The van der Waals surface area contributed by atoms with Crippen LogP contribution in [0.4, 0.5) is 0 Å². The number of benzene rings is 1. The number of morpholine rings is 1. The molecule has 1 amide bonds. The third kappa shape index (κ3) is 2.86. The van der Waals surface area contributed by atoms with Crippen molar-refractivity contribution in [1.29, 1.82) is 0 Å². The van der Waals surface area contributed by atoms with Crippen LogP contribution in [-0.4, -0.2) is 52.7 Å². The van der Waals surface area contributed by atoms with Gasteiger partial charge in [-0.3, -0.25) is 9.59 Å². The molecule has 2 aromatic rings. The maximum absolute atomic E-state index is 12.7. The van der Waals surface area contributed by atoms with E-state index in [4.69, 9.17) is 9.84 Å². The average Bonchev–Trinajstić information content (AvgIpc) is 2.84. The van der Waals surface area contributed by atoms with Crippen LogP contribution in [0.15, 0.2) is 28.7 Å². The number of amides is 1. The second-order valence-corrected chi connectivity index (χ2v) is 5.99. The summed E-state index contributed by atoms with van der Waals surface area (Å²) in [5.41, 5.74) is 1.37. The van der Waals surface area contributed by atoms with Crippen LogP contribution in [0.3, 0.4) is 0 Å². The van der Waals surface area contributed by atoms with Crippen LogP contribution < -0.4 is 0 Å². The van der Waals surface area contributed by atoms with Gasteiger partial charge in [0.05, 0.1) is 23.6 Å². The molecule has 0 saturated carbocycles. The van der Waals surface area contributed by atoms with Crippen LogP contribution in [0.25, 0.3) is 10.9 Å². The highest BCUT2D eigenvalue weighted by Crippen LogP contribution is 2.29. The summed E-state index contributed by atoms with van der Waals surface area (Å²) in [4.78, 5) is 28.2. The summed E-state index contributed by atoms with van der Waals surface area (Å²) in [5, 5.41) is 9.80. The molecule has 116 valence electrons. The number of carbonyl (C=O) groups is 2. The Bertz CT molecular complexity index is 727. The first-order chi connectivity index (χ1) is 10.6. The Balaban J connectivity index is 1.83. The number of para-hydroxylation sites is 1. The SMILES string of the molecule is O=C(O)C[C@H]1CN(C(=O)c2[nH]c3ccccc3c2Br)CCO1. The molecule has 0 aliphatic carbocycles. The minimum atomic E-state index is -0.925. The Morgan fingerprint density at radius 2 is 2.18 bits per heavy atom. The van der Waals surface area contributed by atoms with Crippen LogP contribution in [0, 0.1) is 0 Å². The molecule has 6 nitrogen and oxygen atoms in total. The zero-order valence-corrected chi connectivity index (χ0v) is 13.3. The number of hydrogen-bond acceptors (Lipinski definition) is 3. The van der Waals surface area contributed by atoms with E-state index in [1.807, 2.05) is 24.3 Å². The fourth-order valence-electron chi connectivity index (χ4n) is 2.64. The van der Waals surface area contributed by atoms with Crippen molar-refractivity contribution in [2.75, 3.05) is 19.7 Å². The first-order valence-corrected chi connectivity index (χ1v) is 7.74. The van der Waals surface area contributed by atoms with E-state index in [0.29, 0.717) is 18.8 Å². The van der Waals surface area contributed by atoms with Gasteiger partial charge in [0.2, 0.25) is 0 Å². The number of nitrogens with zero attached hydrogens (tertiary/aromatic N) is 1. The number of nitrogens with one attached hydrogen (secondary N) is 1. The van der Waals surface area contributed by atoms with E-state index < -0.39 is 12.1 Å². The number of ether oxygens (including phenoxy) is 1. The fourth-order valence-corrected chi connectivity index (χ4v) is 3.25. The summed E-state index contributed by atoms with van der Waals surface area (Å²) in [6.07, 6.45) is -0.559. The Hall–Kier alpha value is -1.86. The summed E-state index contributed by atoms with van der Waals surface area (Å²) in [6, 6.07) is 7.65. The van der Waals surface area contributed by atoms with Crippen molar-refractivity contribution in [3.63, 3.8) is 0 Å². The molecule has 22 heavy (non-hydrogen) atoms. The lowest BCUT2D eigenvalue weighted by molar-refractivity contribution is -0.141. The van der Waals surface area contributed by atoms with Gasteiger partial charge in [0.1, 0.15) is 5.69 Å². The molecule has 1 aromatic heterocycles. The van der Waals surface area contributed by atoms with Gasteiger partial charge >= 0.3 is 5.97 Å². The summed E-state index contributed by atoms with van der Waals surface area (Å²) in [7, 11) is 0. The number of fused-ring (bicyclic) bond motifs is 1. The van der Waals surface area contributed by atoms with Gasteiger partial charge in [0.15, 0.2) is 0 Å². The molecule has 3 rings (SSSR count). The summed E-state index contributed by atoms with van der Waals surface area (Å²) < 4.78 is 6.13. The monoisotopic (exact) mass is 366 g/mol. The zero-order chi connectivity index (χ0) is 15.7.